The molecule has 0 aliphatic rings. The van der Waals surface area contributed by atoms with E-state index in [-0.39, 0.29) is 6.10 Å². The molecule has 0 spiro atoms. The predicted molar refractivity (Wildman–Crippen MR) is 118 cm³/mol. The summed E-state index contributed by atoms with van der Waals surface area (Å²) >= 11 is 0. The predicted octanol–water partition coefficient (Wildman–Crippen LogP) is 5.36. The van der Waals surface area contributed by atoms with Crippen LogP contribution < -0.4 is 5.32 Å². The van der Waals surface area contributed by atoms with Gasteiger partial charge in [-0.05, 0) is 54.4 Å². The number of oxime groups is 1. The molecule has 0 saturated carbocycles. The summed E-state index contributed by atoms with van der Waals surface area (Å²) in [6.07, 6.45) is 2.78. The van der Waals surface area contributed by atoms with Crippen LogP contribution >= 0.6 is 0 Å². The van der Waals surface area contributed by atoms with Gasteiger partial charge in [-0.3, -0.25) is 0 Å². The van der Waals surface area contributed by atoms with Gasteiger partial charge in [0, 0.05) is 17.3 Å². The summed E-state index contributed by atoms with van der Waals surface area (Å²) in [4.78, 5) is 14.4. The van der Waals surface area contributed by atoms with Gasteiger partial charge in [-0.25, -0.2) is 9.97 Å². The first kappa shape index (κ1) is 19.1. The number of nitrogens with zero attached hydrogens (tertiary/aromatic N) is 4. The van der Waals surface area contributed by atoms with Crippen molar-refractivity contribution in [3.8, 4) is 6.07 Å². The monoisotopic (exact) mass is 393 g/mol. The molecule has 0 aliphatic heterocycles. The van der Waals surface area contributed by atoms with E-state index >= 15 is 0 Å². The molecule has 30 heavy (non-hydrogen) atoms. The molecule has 0 amide bonds. The van der Waals surface area contributed by atoms with E-state index in [9.17, 15) is 0 Å². The molecule has 6 nitrogen and oxygen atoms in total. The molecule has 3 aromatic carbocycles. The molecule has 0 fully saturated rings. The lowest BCUT2D eigenvalue weighted by molar-refractivity contribution is 0.0885. The molecule has 6 heteroatoms. The van der Waals surface area contributed by atoms with Crippen LogP contribution in [0.3, 0.4) is 0 Å². The molecule has 0 bridgehead atoms. The minimum Gasteiger partial charge on any atom is -0.383 e. The van der Waals surface area contributed by atoms with Gasteiger partial charge in [0.1, 0.15) is 12.1 Å². The number of hydrogen-bond donors (Lipinski definition) is 1. The Hall–Kier alpha value is -4.24. The number of nitrogens with one attached hydrogen (secondary N) is 1. The topological polar surface area (TPSA) is 83.2 Å². The second-order valence-corrected chi connectivity index (χ2v) is 6.57. The van der Waals surface area contributed by atoms with E-state index in [0.29, 0.717) is 5.56 Å². The second-order valence-electron chi connectivity index (χ2n) is 6.57. The van der Waals surface area contributed by atoms with Crippen LogP contribution in [-0.2, 0) is 4.84 Å². The van der Waals surface area contributed by atoms with Crippen LogP contribution in [0.25, 0.3) is 10.9 Å². The maximum Gasteiger partial charge on any atom is 0.177 e. The van der Waals surface area contributed by atoms with Crippen LogP contribution in [0.1, 0.15) is 29.7 Å². The average molecular weight is 393 g/mol. The fourth-order valence-electron chi connectivity index (χ4n) is 3.15. The number of aromatic nitrogens is 2. The standard InChI is InChI=1S/C24H19N5O/c1-2-28-30-23(18-9-7-17(15-25)8-10-18)19-11-13-20(14-12-19)29-24-21-5-3-4-6-22(21)26-16-27-24/h2-14,16,23H,1H3,(H,26,27,29). The number of nitriles is 1. The number of fused-ring (bicyclic) bond motifs is 1. The number of rotatable bonds is 6. The van der Waals surface area contributed by atoms with Crippen molar-refractivity contribution in [2.45, 2.75) is 13.0 Å². The maximum atomic E-state index is 9.02. The largest absolute Gasteiger partial charge is 0.383 e. The van der Waals surface area contributed by atoms with Crippen molar-refractivity contribution in [1.82, 2.24) is 9.97 Å². The molecule has 0 radical (unpaired) electrons. The summed E-state index contributed by atoms with van der Waals surface area (Å²) < 4.78 is 0. The zero-order chi connectivity index (χ0) is 20.8. The highest BCUT2D eigenvalue weighted by Crippen LogP contribution is 2.29. The van der Waals surface area contributed by atoms with Crippen molar-refractivity contribution in [1.29, 1.82) is 5.26 Å². The zero-order valence-corrected chi connectivity index (χ0v) is 16.4. The van der Waals surface area contributed by atoms with Crippen LogP contribution in [-0.4, -0.2) is 16.2 Å². The SMILES string of the molecule is CC=NOC(c1ccc(C#N)cc1)c1ccc(Nc2ncnc3ccccc23)cc1. The van der Waals surface area contributed by atoms with Crippen molar-refractivity contribution < 1.29 is 4.84 Å². The molecule has 146 valence electrons. The Balaban J connectivity index is 1.60. The Labute approximate surface area is 174 Å². The molecule has 1 atom stereocenters. The minimum atomic E-state index is -0.372. The van der Waals surface area contributed by atoms with Crippen molar-refractivity contribution in [2.24, 2.45) is 5.16 Å². The lowest BCUT2D eigenvalue weighted by Gasteiger charge is -2.17. The van der Waals surface area contributed by atoms with E-state index in [0.717, 1.165) is 33.5 Å². The van der Waals surface area contributed by atoms with E-state index in [1.165, 1.54) is 0 Å². The van der Waals surface area contributed by atoms with Gasteiger partial charge < -0.3 is 10.2 Å². The Bertz CT molecular complexity index is 1210. The third-order valence-electron chi connectivity index (χ3n) is 4.63. The minimum absolute atomic E-state index is 0.372. The van der Waals surface area contributed by atoms with Crippen LogP contribution in [0.5, 0.6) is 0 Å². The normalized spacial score (nSPS) is 11.9. The highest BCUT2D eigenvalue weighted by Gasteiger charge is 2.16. The average Bonchev–Trinajstić information content (AvgIpc) is 2.81. The van der Waals surface area contributed by atoms with E-state index in [2.05, 4.69) is 26.5 Å². The van der Waals surface area contributed by atoms with Crippen molar-refractivity contribution in [3.05, 3.63) is 95.8 Å². The van der Waals surface area contributed by atoms with Crippen molar-refractivity contribution >= 4 is 28.6 Å². The van der Waals surface area contributed by atoms with Gasteiger partial charge in [-0.15, -0.1) is 0 Å². The summed E-state index contributed by atoms with van der Waals surface area (Å²) in [5.41, 5.74) is 4.26. The quantitative estimate of drug-likeness (QED) is 0.352. The first-order valence-electron chi connectivity index (χ1n) is 9.49. The summed E-state index contributed by atoms with van der Waals surface area (Å²) in [6, 6.07) is 25.2. The number of hydrogen-bond acceptors (Lipinski definition) is 6. The van der Waals surface area contributed by atoms with Crippen LogP contribution in [0.4, 0.5) is 11.5 Å². The summed E-state index contributed by atoms with van der Waals surface area (Å²) in [5.74, 6) is 0.754. The van der Waals surface area contributed by atoms with E-state index < -0.39 is 0 Å². The van der Waals surface area contributed by atoms with Crippen LogP contribution in [0.15, 0.2) is 84.3 Å². The molecule has 4 rings (SSSR count). The second kappa shape index (κ2) is 8.84. The van der Waals surface area contributed by atoms with Crippen molar-refractivity contribution in [2.75, 3.05) is 5.32 Å². The Morgan fingerprint density at radius 3 is 2.37 bits per heavy atom. The molecule has 1 heterocycles. The number of anilines is 2. The smallest absolute Gasteiger partial charge is 0.177 e. The van der Waals surface area contributed by atoms with Gasteiger partial charge >= 0.3 is 0 Å². The van der Waals surface area contributed by atoms with Gasteiger partial charge in [0.25, 0.3) is 0 Å². The summed E-state index contributed by atoms with van der Waals surface area (Å²) in [7, 11) is 0. The first-order valence-corrected chi connectivity index (χ1v) is 9.49. The zero-order valence-electron chi connectivity index (χ0n) is 16.4. The lowest BCUT2D eigenvalue weighted by atomic mass is 10.00. The Morgan fingerprint density at radius 2 is 1.67 bits per heavy atom. The maximum absolute atomic E-state index is 9.02. The lowest BCUT2D eigenvalue weighted by Crippen LogP contribution is -2.04. The van der Waals surface area contributed by atoms with E-state index in [1.807, 2.05) is 60.7 Å². The third-order valence-corrected chi connectivity index (χ3v) is 4.63. The molecule has 1 aromatic heterocycles. The Kier molecular flexibility index (Phi) is 5.63. The highest BCUT2D eigenvalue weighted by molar-refractivity contribution is 5.90. The van der Waals surface area contributed by atoms with Gasteiger partial charge in [-0.2, -0.15) is 5.26 Å². The molecule has 1 unspecified atom stereocenters. The molecule has 1 N–H and O–H groups in total. The van der Waals surface area contributed by atoms with Gasteiger partial charge in [-0.1, -0.05) is 41.6 Å². The third kappa shape index (κ3) is 4.10. The summed E-state index contributed by atoms with van der Waals surface area (Å²) in [6.45, 7) is 1.80. The van der Waals surface area contributed by atoms with Gasteiger partial charge in [0.2, 0.25) is 0 Å². The summed E-state index contributed by atoms with van der Waals surface area (Å²) in [5, 5.41) is 17.3. The molecule has 4 aromatic rings. The molecule has 0 saturated heterocycles. The molecular weight excluding hydrogens is 374 g/mol. The van der Waals surface area contributed by atoms with Crippen molar-refractivity contribution in [3.63, 3.8) is 0 Å². The highest BCUT2D eigenvalue weighted by atomic mass is 16.6. The van der Waals surface area contributed by atoms with Gasteiger partial charge in [0.15, 0.2) is 6.10 Å². The first-order chi connectivity index (χ1) is 14.8. The Morgan fingerprint density at radius 1 is 0.967 bits per heavy atom. The van der Waals surface area contributed by atoms with E-state index in [4.69, 9.17) is 10.1 Å². The number of benzene rings is 3. The number of para-hydroxylation sites is 1. The fraction of sp³-hybridized carbons (Fsp3) is 0.0833. The van der Waals surface area contributed by atoms with Crippen LogP contribution in [0, 0.1) is 11.3 Å². The fourth-order valence-corrected chi connectivity index (χ4v) is 3.15. The van der Waals surface area contributed by atoms with Gasteiger partial charge in [0.05, 0.1) is 17.1 Å². The van der Waals surface area contributed by atoms with Crippen LogP contribution in [0.2, 0.25) is 0 Å². The van der Waals surface area contributed by atoms with E-state index in [1.54, 1.807) is 31.6 Å². The molecule has 0 aliphatic carbocycles. The molecular formula is C24H19N5O.